The summed E-state index contributed by atoms with van der Waals surface area (Å²) in [4.78, 5) is 23.7. The maximum atomic E-state index is 11.9. The molecular weight excluding hydrogens is 368 g/mol. The third kappa shape index (κ3) is 3.97. The van der Waals surface area contributed by atoms with Gasteiger partial charge < -0.3 is 14.2 Å². The molecule has 2 bridgehead atoms. The summed E-state index contributed by atoms with van der Waals surface area (Å²) in [5.41, 5.74) is 1.91. The van der Waals surface area contributed by atoms with Gasteiger partial charge in [0.1, 0.15) is 5.75 Å². The number of hydrogen-bond acceptors (Lipinski definition) is 5. The summed E-state index contributed by atoms with van der Waals surface area (Å²) < 4.78 is 17.6. The van der Waals surface area contributed by atoms with Crippen LogP contribution in [0.25, 0.3) is 0 Å². The molecule has 1 aromatic rings. The van der Waals surface area contributed by atoms with E-state index in [2.05, 4.69) is 26.8 Å². The summed E-state index contributed by atoms with van der Waals surface area (Å²) in [5.74, 6) is 0.746. The molecule has 1 heterocycles. The number of fused-ring (bicyclic) bond motifs is 2. The second-order valence-electron chi connectivity index (χ2n) is 8.36. The maximum Gasteiger partial charge on any atom is 0.310 e. The molecular formula is C24H32O5. The first kappa shape index (κ1) is 21.6. The lowest BCUT2D eigenvalue weighted by Crippen LogP contribution is -2.54. The summed E-state index contributed by atoms with van der Waals surface area (Å²) in [6.45, 7) is 11.0. The van der Waals surface area contributed by atoms with Gasteiger partial charge in [0.15, 0.2) is 0 Å². The second kappa shape index (κ2) is 8.70. The standard InChI is InChI=1S/C24H32O5/c1-6-20(25)27-13-24-14-28-23(22(17(24)5)15(3)12-16(24)4)18-10-8-9-11-19(18)29-21(26)7-2/h8-12,16-17,22-23H,6-7,13-14H2,1-5H3/t16-,17-,22-,23-,24+/m0/s1. The van der Waals surface area contributed by atoms with Gasteiger partial charge in [-0.25, -0.2) is 0 Å². The Morgan fingerprint density at radius 3 is 2.52 bits per heavy atom. The van der Waals surface area contributed by atoms with Crippen LogP contribution in [-0.4, -0.2) is 25.2 Å². The van der Waals surface area contributed by atoms with Gasteiger partial charge in [-0.05, 0) is 24.8 Å². The number of esters is 2. The molecule has 0 radical (unpaired) electrons. The number of ether oxygens (including phenoxy) is 3. The van der Waals surface area contributed by atoms with E-state index in [1.165, 1.54) is 5.57 Å². The molecule has 158 valence electrons. The van der Waals surface area contributed by atoms with E-state index >= 15 is 0 Å². The molecule has 0 spiro atoms. The van der Waals surface area contributed by atoms with Crippen molar-refractivity contribution in [2.75, 3.05) is 13.2 Å². The van der Waals surface area contributed by atoms with E-state index in [0.717, 1.165) is 5.56 Å². The van der Waals surface area contributed by atoms with E-state index in [-0.39, 0.29) is 41.2 Å². The van der Waals surface area contributed by atoms with Crippen molar-refractivity contribution in [3.63, 3.8) is 0 Å². The smallest absolute Gasteiger partial charge is 0.310 e. The SMILES string of the molecule is CCC(=O)OC[C@@]12CO[C@@H](c3ccccc3OC(=O)CC)[C@@H](C(C)=C[C@@H]1C)[C@@H]2C. The van der Waals surface area contributed by atoms with Gasteiger partial charge in [-0.15, -0.1) is 0 Å². The molecule has 0 saturated carbocycles. The highest BCUT2D eigenvalue weighted by molar-refractivity contribution is 5.72. The number of rotatable bonds is 6. The molecule has 1 aliphatic heterocycles. The van der Waals surface area contributed by atoms with Gasteiger partial charge >= 0.3 is 11.9 Å². The third-order valence-corrected chi connectivity index (χ3v) is 6.78. The fourth-order valence-corrected chi connectivity index (χ4v) is 4.86. The first-order valence-electron chi connectivity index (χ1n) is 10.6. The van der Waals surface area contributed by atoms with Crippen molar-refractivity contribution in [2.24, 2.45) is 23.2 Å². The fraction of sp³-hybridized carbons (Fsp3) is 0.583. The van der Waals surface area contributed by atoms with Gasteiger partial charge in [-0.2, -0.15) is 0 Å². The van der Waals surface area contributed by atoms with Gasteiger partial charge in [-0.3, -0.25) is 9.59 Å². The quantitative estimate of drug-likeness (QED) is 0.388. The van der Waals surface area contributed by atoms with Crippen molar-refractivity contribution < 1.29 is 23.8 Å². The Morgan fingerprint density at radius 1 is 1.14 bits per heavy atom. The molecule has 1 aliphatic carbocycles. The molecule has 2 aliphatic rings. The van der Waals surface area contributed by atoms with Crippen LogP contribution in [0.3, 0.4) is 0 Å². The number of para-hydroxylation sites is 1. The van der Waals surface area contributed by atoms with Crippen molar-refractivity contribution in [3.8, 4) is 5.75 Å². The van der Waals surface area contributed by atoms with Crippen LogP contribution in [0.1, 0.15) is 59.1 Å². The molecule has 0 unspecified atom stereocenters. The van der Waals surface area contributed by atoms with Crippen LogP contribution in [-0.2, 0) is 19.1 Å². The van der Waals surface area contributed by atoms with E-state index < -0.39 is 0 Å². The topological polar surface area (TPSA) is 61.8 Å². The molecule has 0 aromatic heterocycles. The van der Waals surface area contributed by atoms with Crippen LogP contribution >= 0.6 is 0 Å². The fourth-order valence-electron chi connectivity index (χ4n) is 4.86. The number of hydrogen-bond donors (Lipinski definition) is 0. The summed E-state index contributed by atoms with van der Waals surface area (Å²) in [6.07, 6.45) is 2.78. The lowest BCUT2D eigenvalue weighted by Gasteiger charge is -2.55. The normalized spacial score (nSPS) is 31.0. The highest BCUT2D eigenvalue weighted by atomic mass is 16.5. The minimum absolute atomic E-state index is 0.127. The Hall–Kier alpha value is -2.14. The van der Waals surface area contributed by atoms with Crippen LogP contribution in [0.5, 0.6) is 5.75 Å². The number of allylic oxidation sites excluding steroid dienone is 1. The molecule has 1 aromatic carbocycles. The Morgan fingerprint density at radius 2 is 1.83 bits per heavy atom. The zero-order chi connectivity index (χ0) is 21.2. The molecule has 0 amide bonds. The van der Waals surface area contributed by atoms with Crippen molar-refractivity contribution in [2.45, 2.75) is 53.6 Å². The summed E-state index contributed by atoms with van der Waals surface area (Å²) in [7, 11) is 0. The monoisotopic (exact) mass is 400 g/mol. The average Bonchev–Trinajstić information content (AvgIpc) is 2.71. The molecule has 1 fully saturated rings. The van der Waals surface area contributed by atoms with E-state index in [1.54, 1.807) is 6.92 Å². The molecule has 0 N–H and O–H groups in total. The van der Waals surface area contributed by atoms with E-state index in [4.69, 9.17) is 14.2 Å². The average molecular weight is 401 g/mol. The lowest BCUT2D eigenvalue weighted by molar-refractivity contribution is -0.182. The summed E-state index contributed by atoms with van der Waals surface area (Å²) in [5, 5.41) is 0. The highest BCUT2D eigenvalue weighted by Gasteiger charge is 2.54. The predicted octanol–water partition coefficient (Wildman–Crippen LogP) is 4.86. The van der Waals surface area contributed by atoms with Crippen LogP contribution in [0.15, 0.2) is 35.9 Å². The Kier molecular flexibility index (Phi) is 6.47. The highest BCUT2D eigenvalue weighted by Crippen LogP contribution is 2.57. The zero-order valence-corrected chi connectivity index (χ0v) is 18.1. The number of carbonyl (C=O) groups is 2. The Labute approximate surface area is 173 Å². The van der Waals surface area contributed by atoms with Gasteiger partial charge in [0.05, 0.1) is 19.3 Å². The van der Waals surface area contributed by atoms with Crippen molar-refractivity contribution in [1.82, 2.24) is 0 Å². The Bertz CT molecular complexity index is 798. The molecule has 5 heteroatoms. The van der Waals surface area contributed by atoms with Crippen LogP contribution in [0.2, 0.25) is 0 Å². The van der Waals surface area contributed by atoms with Crippen molar-refractivity contribution in [1.29, 1.82) is 0 Å². The van der Waals surface area contributed by atoms with Crippen LogP contribution < -0.4 is 4.74 Å². The first-order chi connectivity index (χ1) is 13.8. The van der Waals surface area contributed by atoms with Crippen LogP contribution in [0, 0.1) is 23.2 Å². The zero-order valence-electron chi connectivity index (χ0n) is 18.1. The molecule has 1 saturated heterocycles. The Balaban J connectivity index is 1.94. The minimum Gasteiger partial charge on any atom is -0.465 e. The molecule has 5 atom stereocenters. The lowest BCUT2D eigenvalue weighted by atomic mass is 9.56. The summed E-state index contributed by atoms with van der Waals surface area (Å²) in [6, 6.07) is 7.62. The number of carbonyl (C=O) groups excluding carboxylic acids is 2. The van der Waals surface area contributed by atoms with Gasteiger partial charge in [0.25, 0.3) is 0 Å². The number of benzene rings is 1. The summed E-state index contributed by atoms with van der Waals surface area (Å²) >= 11 is 0. The largest absolute Gasteiger partial charge is 0.465 e. The van der Waals surface area contributed by atoms with Gasteiger partial charge in [0, 0.05) is 29.7 Å². The minimum atomic E-state index is -0.258. The van der Waals surface area contributed by atoms with E-state index in [1.807, 2.05) is 31.2 Å². The molecule has 5 nitrogen and oxygen atoms in total. The van der Waals surface area contributed by atoms with Crippen LogP contribution in [0.4, 0.5) is 0 Å². The molecule has 29 heavy (non-hydrogen) atoms. The maximum absolute atomic E-state index is 11.9. The van der Waals surface area contributed by atoms with E-state index in [0.29, 0.717) is 31.8 Å². The van der Waals surface area contributed by atoms with E-state index in [9.17, 15) is 9.59 Å². The predicted molar refractivity (Wildman–Crippen MR) is 110 cm³/mol. The van der Waals surface area contributed by atoms with Crippen molar-refractivity contribution in [3.05, 3.63) is 41.5 Å². The second-order valence-corrected chi connectivity index (χ2v) is 8.36. The van der Waals surface area contributed by atoms with Crippen molar-refractivity contribution >= 4 is 11.9 Å². The first-order valence-corrected chi connectivity index (χ1v) is 10.6. The van der Waals surface area contributed by atoms with Gasteiger partial charge in [0.2, 0.25) is 0 Å². The molecule has 3 rings (SSSR count). The third-order valence-electron chi connectivity index (χ3n) is 6.78. The van der Waals surface area contributed by atoms with Gasteiger partial charge in [-0.1, -0.05) is 57.5 Å².